The number of hydrogen-bond donors (Lipinski definition) is 1. The topological polar surface area (TPSA) is 51.2 Å². The number of nitrogens with zero attached hydrogens (tertiary/aromatic N) is 1. The smallest absolute Gasteiger partial charge is 0.221 e. The first kappa shape index (κ1) is 12.1. The lowest BCUT2D eigenvalue weighted by molar-refractivity contribution is -0.114. The highest BCUT2D eigenvalue weighted by molar-refractivity contribution is 5.88. The van der Waals surface area contributed by atoms with E-state index in [-0.39, 0.29) is 5.91 Å². The molecule has 1 aromatic heterocycles. The molecule has 0 fully saturated rings. The molecule has 0 radical (unpaired) electrons. The van der Waals surface area contributed by atoms with Crippen molar-refractivity contribution in [3.05, 3.63) is 54.4 Å². The Kier molecular flexibility index (Phi) is 3.91. The van der Waals surface area contributed by atoms with Crippen molar-refractivity contribution in [2.75, 3.05) is 5.32 Å². The second-order valence-corrected chi connectivity index (χ2v) is 3.85. The number of pyridine rings is 1. The number of ether oxygens (including phenoxy) is 1. The van der Waals surface area contributed by atoms with Gasteiger partial charge in [-0.2, -0.15) is 0 Å². The number of benzene rings is 1. The van der Waals surface area contributed by atoms with Gasteiger partial charge in [-0.05, 0) is 42.0 Å². The van der Waals surface area contributed by atoms with Crippen molar-refractivity contribution in [3.63, 3.8) is 0 Å². The number of nitrogens with one attached hydrogen (secondary N) is 1. The molecule has 1 N–H and O–H groups in total. The fourth-order valence-corrected chi connectivity index (χ4v) is 1.48. The van der Waals surface area contributed by atoms with Crippen molar-refractivity contribution in [1.82, 2.24) is 4.98 Å². The monoisotopic (exact) mass is 242 g/mol. The van der Waals surface area contributed by atoms with E-state index in [1.54, 1.807) is 12.4 Å². The number of rotatable bonds is 4. The van der Waals surface area contributed by atoms with E-state index in [0.29, 0.717) is 6.61 Å². The van der Waals surface area contributed by atoms with Gasteiger partial charge in [-0.3, -0.25) is 9.78 Å². The molecule has 0 aliphatic heterocycles. The summed E-state index contributed by atoms with van der Waals surface area (Å²) in [6, 6.07) is 11.1. The molecule has 0 aliphatic carbocycles. The molecule has 2 rings (SSSR count). The van der Waals surface area contributed by atoms with Gasteiger partial charge in [-0.25, -0.2) is 0 Å². The average Bonchev–Trinajstić information content (AvgIpc) is 2.38. The largest absolute Gasteiger partial charge is 0.489 e. The summed E-state index contributed by atoms with van der Waals surface area (Å²) in [7, 11) is 0. The van der Waals surface area contributed by atoms with Crippen LogP contribution in [0.5, 0.6) is 5.75 Å². The molecule has 1 aromatic carbocycles. The third-order valence-corrected chi connectivity index (χ3v) is 2.33. The molecule has 0 unspecified atom stereocenters. The number of amides is 1. The zero-order valence-electron chi connectivity index (χ0n) is 10.1. The van der Waals surface area contributed by atoms with E-state index >= 15 is 0 Å². The van der Waals surface area contributed by atoms with Crippen LogP contribution < -0.4 is 10.1 Å². The highest BCUT2D eigenvalue weighted by Crippen LogP contribution is 2.16. The zero-order valence-corrected chi connectivity index (χ0v) is 10.1. The lowest BCUT2D eigenvalue weighted by Gasteiger charge is -2.07. The summed E-state index contributed by atoms with van der Waals surface area (Å²) >= 11 is 0. The van der Waals surface area contributed by atoms with E-state index in [2.05, 4.69) is 10.3 Å². The van der Waals surface area contributed by atoms with Gasteiger partial charge in [-0.15, -0.1) is 0 Å². The van der Waals surface area contributed by atoms with Gasteiger partial charge >= 0.3 is 0 Å². The molecule has 18 heavy (non-hydrogen) atoms. The molecule has 0 atom stereocenters. The fraction of sp³-hybridized carbons (Fsp3) is 0.143. The van der Waals surface area contributed by atoms with Gasteiger partial charge in [0.05, 0.1) is 0 Å². The van der Waals surface area contributed by atoms with Crippen molar-refractivity contribution < 1.29 is 9.53 Å². The van der Waals surface area contributed by atoms with Gasteiger partial charge in [-0.1, -0.05) is 0 Å². The normalized spacial score (nSPS) is 9.83. The van der Waals surface area contributed by atoms with Crippen LogP contribution in [0.25, 0.3) is 0 Å². The van der Waals surface area contributed by atoms with E-state index in [4.69, 9.17) is 4.74 Å². The maximum Gasteiger partial charge on any atom is 0.221 e. The first-order chi connectivity index (χ1) is 8.74. The first-order valence-electron chi connectivity index (χ1n) is 5.63. The molecule has 0 aliphatic rings. The van der Waals surface area contributed by atoms with Gasteiger partial charge < -0.3 is 10.1 Å². The predicted molar refractivity (Wildman–Crippen MR) is 69.3 cm³/mol. The molecule has 1 amide bonds. The maximum atomic E-state index is 10.9. The Morgan fingerprint density at radius 1 is 1.17 bits per heavy atom. The van der Waals surface area contributed by atoms with Crippen molar-refractivity contribution in [2.24, 2.45) is 0 Å². The Balaban J connectivity index is 1.92. The summed E-state index contributed by atoms with van der Waals surface area (Å²) in [6.07, 6.45) is 3.47. The van der Waals surface area contributed by atoms with Gasteiger partial charge in [0.25, 0.3) is 0 Å². The quantitative estimate of drug-likeness (QED) is 0.896. The third kappa shape index (κ3) is 3.59. The molecule has 2 aromatic rings. The Bertz CT molecular complexity index is 509. The molecule has 4 heteroatoms. The van der Waals surface area contributed by atoms with E-state index < -0.39 is 0 Å². The summed E-state index contributed by atoms with van der Waals surface area (Å²) < 4.78 is 5.61. The second-order valence-electron chi connectivity index (χ2n) is 3.85. The van der Waals surface area contributed by atoms with E-state index in [0.717, 1.165) is 17.0 Å². The van der Waals surface area contributed by atoms with Crippen LogP contribution in [0.4, 0.5) is 5.69 Å². The van der Waals surface area contributed by atoms with Crippen LogP contribution in [0.15, 0.2) is 48.8 Å². The van der Waals surface area contributed by atoms with E-state index in [1.165, 1.54) is 6.92 Å². The van der Waals surface area contributed by atoms with Crippen LogP contribution in [-0.4, -0.2) is 10.9 Å². The molecule has 92 valence electrons. The zero-order chi connectivity index (χ0) is 12.8. The van der Waals surface area contributed by atoms with Crippen LogP contribution >= 0.6 is 0 Å². The van der Waals surface area contributed by atoms with Crippen LogP contribution in [0, 0.1) is 0 Å². The number of hydrogen-bond acceptors (Lipinski definition) is 3. The molecular weight excluding hydrogens is 228 g/mol. The SMILES string of the molecule is CC(=O)Nc1ccc(OCc2ccncc2)cc1. The Morgan fingerprint density at radius 3 is 2.44 bits per heavy atom. The molecule has 0 saturated heterocycles. The average molecular weight is 242 g/mol. The van der Waals surface area contributed by atoms with Crippen LogP contribution in [0.2, 0.25) is 0 Å². The van der Waals surface area contributed by atoms with Crippen molar-refractivity contribution in [3.8, 4) is 5.75 Å². The minimum atomic E-state index is -0.0829. The summed E-state index contributed by atoms with van der Waals surface area (Å²) in [5, 5.41) is 2.70. The van der Waals surface area contributed by atoms with Crippen molar-refractivity contribution in [2.45, 2.75) is 13.5 Å². The van der Waals surface area contributed by atoms with E-state index in [1.807, 2.05) is 36.4 Å². The third-order valence-electron chi connectivity index (χ3n) is 2.33. The summed E-state index contributed by atoms with van der Waals surface area (Å²) in [5.74, 6) is 0.682. The van der Waals surface area contributed by atoms with Crippen molar-refractivity contribution in [1.29, 1.82) is 0 Å². The highest BCUT2D eigenvalue weighted by Gasteiger charge is 1.98. The van der Waals surface area contributed by atoms with Gasteiger partial charge in [0.15, 0.2) is 0 Å². The summed E-state index contributed by atoms with van der Waals surface area (Å²) in [6.45, 7) is 1.98. The minimum absolute atomic E-state index is 0.0829. The van der Waals surface area contributed by atoms with Gasteiger partial charge in [0.1, 0.15) is 12.4 Å². The van der Waals surface area contributed by atoms with Crippen LogP contribution in [-0.2, 0) is 11.4 Å². The first-order valence-corrected chi connectivity index (χ1v) is 5.63. The lowest BCUT2D eigenvalue weighted by Crippen LogP contribution is -2.05. The number of carbonyl (C=O) groups excluding carboxylic acids is 1. The Hall–Kier alpha value is -2.36. The highest BCUT2D eigenvalue weighted by atomic mass is 16.5. The van der Waals surface area contributed by atoms with Crippen LogP contribution in [0.1, 0.15) is 12.5 Å². The number of aromatic nitrogens is 1. The molecule has 0 bridgehead atoms. The fourth-order valence-electron chi connectivity index (χ4n) is 1.48. The van der Waals surface area contributed by atoms with Gasteiger partial charge in [0.2, 0.25) is 5.91 Å². The molecule has 4 nitrogen and oxygen atoms in total. The standard InChI is InChI=1S/C14H14N2O2/c1-11(17)16-13-2-4-14(5-3-13)18-10-12-6-8-15-9-7-12/h2-9H,10H2,1H3,(H,16,17). The van der Waals surface area contributed by atoms with Crippen LogP contribution in [0.3, 0.4) is 0 Å². The number of anilines is 1. The molecule has 1 heterocycles. The molecular formula is C14H14N2O2. The Labute approximate surface area is 106 Å². The molecule has 0 saturated carbocycles. The van der Waals surface area contributed by atoms with Gasteiger partial charge in [0, 0.05) is 25.0 Å². The van der Waals surface area contributed by atoms with E-state index in [9.17, 15) is 4.79 Å². The summed E-state index contributed by atoms with van der Waals surface area (Å²) in [5.41, 5.74) is 1.83. The number of carbonyl (C=O) groups is 1. The summed E-state index contributed by atoms with van der Waals surface area (Å²) in [4.78, 5) is 14.8. The minimum Gasteiger partial charge on any atom is -0.489 e. The second kappa shape index (κ2) is 5.82. The predicted octanol–water partition coefficient (Wildman–Crippen LogP) is 2.62. The lowest BCUT2D eigenvalue weighted by atomic mass is 10.3. The molecule has 0 spiro atoms. The van der Waals surface area contributed by atoms with Crippen molar-refractivity contribution >= 4 is 11.6 Å². The Morgan fingerprint density at radius 2 is 1.83 bits per heavy atom. The maximum absolute atomic E-state index is 10.9.